The number of hydrogen-bond acceptors (Lipinski definition) is 4. The van der Waals surface area contributed by atoms with E-state index in [-0.39, 0.29) is 36.2 Å². The number of carbonyl (C=O) groups is 1. The Morgan fingerprint density at radius 3 is 2.60 bits per heavy atom. The summed E-state index contributed by atoms with van der Waals surface area (Å²) in [5, 5.41) is 12.6. The van der Waals surface area contributed by atoms with Crippen molar-refractivity contribution in [3.05, 3.63) is 59.5 Å². The van der Waals surface area contributed by atoms with Crippen molar-refractivity contribution in [3.8, 4) is 5.88 Å². The number of aliphatic hydroxyl groups excluding tert-OH is 1. The molecule has 1 atom stereocenters. The lowest BCUT2D eigenvalue weighted by atomic mass is 9.75. The summed E-state index contributed by atoms with van der Waals surface area (Å²) in [5.41, 5.74) is 1.63. The summed E-state index contributed by atoms with van der Waals surface area (Å²) in [6.07, 6.45) is 2.84. The fourth-order valence-electron chi connectivity index (χ4n) is 3.08. The molecule has 0 saturated heterocycles. The second-order valence-electron chi connectivity index (χ2n) is 6.37. The van der Waals surface area contributed by atoms with Gasteiger partial charge in [0, 0.05) is 12.3 Å². The van der Waals surface area contributed by atoms with Gasteiger partial charge in [0.05, 0.1) is 25.7 Å². The molecule has 1 saturated carbocycles. The Morgan fingerprint density at radius 1 is 1.32 bits per heavy atom. The summed E-state index contributed by atoms with van der Waals surface area (Å²) >= 11 is 0. The second-order valence-corrected chi connectivity index (χ2v) is 6.37. The van der Waals surface area contributed by atoms with Gasteiger partial charge in [-0.15, -0.1) is 0 Å². The number of ether oxygens (including phenoxy) is 1. The molecule has 3 rings (SSSR count). The van der Waals surface area contributed by atoms with E-state index in [0.717, 1.165) is 11.1 Å². The van der Waals surface area contributed by atoms with Gasteiger partial charge in [-0.2, -0.15) is 0 Å². The van der Waals surface area contributed by atoms with Crippen LogP contribution in [0.4, 0.5) is 4.39 Å². The van der Waals surface area contributed by atoms with Crippen LogP contribution < -0.4 is 10.1 Å². The summed E-state index contributed by atoms with van der Waals surface area (Å²) < 4.78 is 18.0. The molecule has 2 N–H and O–H groups in total. The van der Waals surface area contributed by atoms with Crippen LogP contribution in [0.3, 0.4) is 0 Å². The summed E-state index contributed by atoms with van der Waals surface area (Å²) in [6, 6.07) is 9.31. The highest BCUT2D eigenvalue weighted by Gasteiger charge is 2.35. The van der Waals surface area contributed by atoms with Crippen LogP contribution in [0.2, 0.25) is 0 Å². The molecule has 1 aromatic carbocycles. The summed E-state index contributed by atoms with van der Waals surface area (Å²) in [7, 11) is 1.55. The van der Waals surface area contributed by atoms with E-state index in [0.29, 0.717) is 18.7 Å². The van der Waals surface area contributed by atoms with Crippen molar-refractivity contribution in [3.63, 3.8) is 0 Å². The molecule has 1 fully saturated rings. The lowest BCUT2D eigenvalue weighted by Gasteiger charge is -2.38. The van der Waals surface area contributed by atoms with Gasteiger partial charge in [-0.1, -0.05) is 18.2 Å². The molecule has 6 heteroatoms. The molecule has 1 aliphatic carbocycles. The summed E-state index contributed by atoms with van der Waals surface area (Å²) in [4.78, 5) is 16.6. The first-order valence-electron chi connectivity index (χ1n) is 8.27. The third-order valence-corrected chi connectivity index (χ3v) is 4.54. The SMILES string of the molecule is COc1ccc([C@@H](NC(=O)Cc2ccc(F)cc2)C2CC(O)C2)cn1. The van der Waals surface area contributed by atoms with Crippen LogP contribution in [0.5, 0.6) is 5.88 Å². The maximum absolute atomic E-state index is 13.0. The third kappa shape index (κ3) is 4.33. The van der Waals surface area contributed by atoms with Crippen molar-refractivity contribution in [2.75, 3.05) is 7.11 Å². The monoisotopic (exact) mass is 344 g/mol. The zero-order valence-electron chi connectivity index (χ0n) is 14.0. The molecule has 5 nitrogen and oxygen atoms in total. The number of benzene rings is 1. The first kappa shape index (κ1) is 17.4. The van der Waals surface area contributed by atoms with E-state index in [1.807, 2.05) is 6.07 Å². The van der Waals surface area contributed by atoms with Crippen molar-refractivity contribution in [2.45, 2.75) is 31.4 Å². The Hall–Kier alpha value is -2.47. The highest BCUT2D eigenvalue weighted by atomic mass is 19.1. The lowest BCUT2D eigenvalue weighted by molar-refractivity contribution is -0.122. The van der Waals surface area contributed by atoms with Crippen molar-refractivity contribution in [1.29, 1.82) is 0 Å². The molecular weight excluding hydrogens is 323 g/mol. The van der Waals surface area contributed by atoms with Gasteiger partial charge < -0.3 is 15.2 Å². The number of aromatic nitrogens is 1. The molecule has 132 valence electrons. The van der Waals surface area contributed by atoms with Gasteiger partial charge in [-0.05, 0) is 42.0 Å². The Balaban J connectivity index is 1.70. The number of nitrogens with one attached hydrogen (secondary N) is 1. The van der Waals surface area contributed by atoms with E-state index in [2.05, 4.69) is 10.3 Å². The zero-order valence-corrected chi connectivity index (χ0v) is 14.0. The first-order valence-corrected chi connectivity index (χ1v) is 8.27. The van der Waals surface area contributed by atoms with E-state index in [1.54, 1.807) is 31.5 Å². The molecule has 1 heterocycles. The predicted molar refractivity (Wildman–Crippen MR) is 90.5 cm³/mol. The van der Waals surface area contributed by atoms with Crippen LogP contribution >= 0.6 is 0 Å². The average molecular weight is 344 g/mol. The first-order chi connectivity index (χ1) is 12.0. The molecule has 0 aliphatic heterocycles. The highest BCUT2D eigenvalue weighted by Crippen LogP contribution is 2.38. The Kier molecular flexibility index (Phi) is 5.28. The minimum absolute atomic E-state index is 0.145. The van der Waals surface area contributed by atoms with Crippen molar-refractivity contribution in [1.82, 2.24) is 10.3 Å². The molecule has 1 aromatic heterocycles. The van der Waals surface area contributed by atoms with Gasteiger partial charge in [0.1, 0.15) is 5.82 Å². The Labute approximate surface area is 145 Å². The average Bonchev–Trinajstić information content (AvgIpc) is 2.59. The van der Waals surface area contributed by atoms with Crippen molar-refractivity contribution >= 4 is 5.91 Å². The zero-order chi connectivity index (χ0) is 17.8. The topological polar surface area (TPSA) is 71.5 Å². The second kappa shape index (κ2) is 7.61. The Bertz CT molecular complexity index is 712. The number of rotatable bonds is 6. The highest BCUT2D eigenvalue weighted by molar-refractivity contribution is 5.79. The van der Waals surface area contributed by atoms with Crippen LogP contribution in [0, 0.1) is 11.7 Å². The number of nitrogens with zero attached hydrogens (tertiary/aromatic N) is 1. The van der Waals surface area contributed by atoms with Crippen LogP contribution in [0.25, 0.3) is 0 Å². The number of pyridine rings is 1. The lowest BCUT2D eigenvalue weighted by Crippen LogP contribution is -2.41. The minimum atomic E-state index is -0.324. The smallest absolute Gasteiger partial charge is 0.224 e. The standard InChI is InChI=1S/C19H21FN2O3/c1-25-18-7-4-13(11-21-18)19(14-9-16(23)10-14)22-17(24)8-12-2-5-15(20)6-3-12/h2-7,11,14,16,19,23H,8-10H2,1H3,(H,22,24)/t14?,16?,19-/m1/s1. The van der Waals surface area contributed by atoms with Crippen LogP contribution in [0.1, 0.15) is 30.0 Å². The molecule has 2 aromatic rings. The molecule has 0 unspecified atom stereocenters. The van der Waals surface area contributed by atoms with Gasteiger partial charge in [0.25, 0.3) is 0 Å². The summed E-state index contributed by atoms with van der Waals surface area (Å²) in [6.45, 7) is 0. The molecular formula is C19H21FN2O3. The van der Waals surface area contributed by atoms with E-state index < -0.39 is 0 Å². The normalized spacial score (nSPS) is 20.4. The quantitative estimate of drug-likeness (QED) is 0.844. The molecule has 25 heavy (non-hydrogen) atoms. The molecule has 0 bridgehead atoms. The Morgan fingerprint density at radius 2 is 2.04 bits per heavy atom. The number of carbonyl (C=O) groups excluding carboxylic acids is 1. The molecule has 1 aliphatic rings. The van der Waals surface area contributed by atoms with Gasteiger partial charge in [-0.25, -0.2) is 9.37 Å². The number of hydrogen-bond donors (Lipinski definition) is 2. The van der Waals surface area contributed by atoms with Crippen LogP contribution in [-0.2, 0) is 11.2 Å². The van der Waals surface area contributed by atoms with Crippen LogP contribution in [0.15, 0.2) is 42.6 Å². The number of amides is 1. The molecule has 0 radical (unpaired) electrons. The van der Waals surface area contributed by atoms with E-state index in [9.17, 15) is 14.3 Å². The van der Waals surface area contributed by atoms with Gasteiger partial charge in [-0.3, -0.25) is 4.79 Å². The van der Waals surface area contributed by atoms with Crippen LogP contribution in [-0.4, -0.2) is 29.2 Å². The summed E-state index contributed by atoms with van der Waals surface area (Å²) in [5.74, 6) is 0.208. The van der Waals surface area contributed by atoms with E-state index in [1.165, 1.54) is 12.1 Å². The fourth-order valence-corrected chi connectivity index (χ4v) is 3.08. The maximum Gasteiger partial charge on any atom is 0.224 e. The van der Waals surface area contributed by atoms with Gasteiger partial charge in [0.15, 0.2) is 0 Å². The maximum atomic E-state index is 13.0. The molecule has 1 amide bonds. The molecule has 0 spiro atoms. The van der Waals surface area contributed by atoms with E-state index in [4.69, 9.17) is 4.74 Å². The minimum Gasteiger partial charge on any atom is -0.481 e. The largest absolute Gasteiger partial charge is 0.481 e. The third-order valence-electron chi connectivity index (χ3n) is 4.54. The number of halogens is 1. The number of aliphatic hydroxyl groups is 1. The van der Waals surface area contributed by atoms with E-state index >= 15 is 0 Å². The van der Waals surface area contributed by atoms with Gasteiger partial charge >= 0.3 is 0 Å². The fraction of sp³-hybridized carbons (Fsp3) is 0.368. The van der Waals surface area contributed by atoms with Crippen molar-refractivity contribution < 1.29 is 19.0 Å². The predicted octanol–water partition coefficient (Wildman–Crippen LogP) is 2.40. The number of methoxy groups -OCH3 is 1. The van der Waals surface area contributed by atoms with Crippen molar-refractivity contribution in [2.24, 2.45) is 5.92 Å². The van der Waals surface area contributed by atoms with Gasteiger partial charge in [0.2, 0.25) is 11.8 Å².